The molecule has 2 amide bonds. The minimum Gasteiger partial charge on any atom is -0.370 e. The van der Waals surface area contributed by atoms with Crippen LogP contribution in [0.25, 0.3) is 0 Å². The zero-order chi connectivity index (χ0) is 26.3. The van der Waals surface area contributed by atoms with Crippen LogP contribution in [-0.2, 0) is 5.41 Å². The van der Waals surface area contributed by atoms with Gasteiger partial charge in [-0.1, -0.05) is 11.2 Å². The number of anilines is 2. The zero-order valence-electron chi connectivity index (χ0n) is 20.0. The lowest BCUT2D eigenvalue weighted by atomic mass is 9.89. The predicted molar refractivity (Wildman–Crippen MR) is 127 cm³/mol. The summed E-state index contributed by atoms with van der Waals surface area (Å²) < 4.78 is 44.7. The smallest absolute Gasteiger partial charge is 0.370 e. The Labute approximate surface area is 205 Å². The molecule has 1 aliphatic rings. The number of pyridine rings is 1. The number of nitrogens with zero attached hydrogens (tertiary/aromatic N) is 3. The van der Waals surface area contributed by atoms with Gasteiger partial charge in [0, 0.05) is 36.8 Å². The lowest BCUT2D eigenvalue weighted by molar-refractivity contribution is -0.185. The Bertz CT molecular complexity index is 1300. The van der Waals surface area contributed by atoms with E-state index < -0.39 is 29.2 Å². The molecule has 1 aliphatic heterocycles. The summed E-state index contributed by atoms with van der Waals surface area (Å²) in [6, 6.07) is 8.08. The van der Waals surface area contributed by atoms with Crippen LogP contribution < -0.4 is 16.0 Å². The first-order valence-electron chi connectivity index (χ1n) is 11.3. The summed E-state index contributed by atoms with van der Waals surface area (Å²) in [4.78, 5) is 30.6. The maximum absolute atomic E-state index is 13.3. The van der Waals surface area contributed by atoms with Crippen LogP contribution in [0.4, 0.5) is 24.7 Å². The summed E-state index contributed by atoms with van der Waals surface area (Å²) in [5, 5.41) is 6.11. The molecular weight excluding hydrogens is 475 g/mol. The number of primary amides is 1. The molecule has 0 unspecified atom stereocenters. The third-order valence-electron chi connectivity index (χ3n) is 6.62. The van der Waals surface area contributed by atoms with Gasteiger partial charge in [-0.15, -0.1) is 0 Å². The Kier molecular flexibility index (Phi) is 6.50. The van der Waals surface area contributed by atoms with E-state index in [1.807, 2.05) is 13.0 Å². The van der Waals surface area contributed by atoms with Crippen LogP contribution in [0.5, 0.6) is 0 Å². The number of hydrogen-bond donors (Lipinski definition) is 2. The molecule has 36 heavy (non-hydrogen) atoms. The summed E-state index contributed by atoms with van der Waals surface area (Å²) in [6.07, 6.45) is -0.608. The topological polar surface area (TPSA) is 114 Å². The van der Waals surface area contributed by atoms with Crippen LogP contribution in [0.1, 0.15) is 63.8 Å². The first-order chi connectivity index (χ1) is 16.9. The number of nitrogens with one attached hydrogen (secondary N) is 1. The molecule has 0 saturated carbocycles. The highest BCUT2D eigenvalue weighted by molar-refractivity contribution is 6.04. The molecule has 1 fully saturated rings. The van der Waals surface area contributed by atoms with Crippen molar-refractivity contribution < 1.29 is 27.3 Å². The van der Waals surface area contributed by atoms with Crippen LogP contribution >= 0.6 is 0 Å². The monoisotopic (exact) mass is 501 g/mol. The molecule has 190 valence electrons. The van der Waals surface area contributed by atoms with E-state index in [2.05, 4.69) is 20.4 Å². The molecule has 3 N–H and O–H groups in total. The highest BCUT2D eigenvalue weighted by atomic mass is 19.4. The Morgan fingerprint density at radius 2 is 1.89 bits per heavy atom. The van der Waals surface area contributed by atoms with Crippen molar-refractivity contribution >= 4 is 23.3 Å². The fourth-order valence-electron chi connectivity index (χ4n) is 4.16. The molecule has 1 saturated heterocycles. The number of nitrogens with two attached hydrogens (primary N) is 1. The summed E-state index contributed by atoms with van der Waals surface area (Å²) in [6.45, 7) is 5.32. The van der Waals surface area contributed by atoms with E-state index in [-0.39, 0.29) is 11.7 Å². The molecule has 0 bridgehead atoms. The van der Waals surface area contributed by atoms with Gasteiger partial charge in [0.2, 0.25) is 5.91 Å². The molecule has 2 aromatic heterocycles. The standard InChI is InChI=1S/C25H26F3N5O3/c1-14-4-5-15(23(35)31-21-10-20(36-32-21)24(2,3)25(26,27)28)9-19(14)16-6-7-33(13-16)18-8-17(22(29)34)11-30-12-18/h4-5,8-12,16H,6-7,13H2,1-3H3,(H2,29,34)(H,31,32,35)/t16-/m1/s1. The van der Waals surface area contributed by atoms with Crippen LogP contribution in [0.3, 0.4) is 0 Å². The second kappa shape index (κ2) is 9.29. The summed E-state index contributed by atoms with van der Waals surface area (Å²) in [7, 11) is 0. The number of benzene rings is 1. The van der Waals surface area contributed by atoms with Gasteiger partial charge in [-0.25, -0.2) is 0 Å². The quantitative estimate of drug-likeness (QED) is 0.512. The van der Waals surface area contributed by atoms with Crippen molar-refractivity contribution in [2.24, 2.45) is 5.73 Å². The molecule has 8 nitrogen and oxygen atoms in total. The number of hydrogen-bond acceptors (Lipinski definition) is 6. The third kappa shape index (κ3) is 4.91. The lowest BCUT2D eigenvalue weighted by Crippen LogP contribution is -2.35. The maximum Gasteiger partial charge on any atom is 0.401 e. The minimum atomic E-state index is -4.54. The SMILES string of the molecule is Cc1ccc(C(=O)Nc2cc(C(C)(C)C(F)(F)F)on2)cc1[C@@H]1CCN(c2cncc(C(N)=O)c2)C1. The van der Waals surface area contributed by atoms with Gasteiger partial charge in [0.25, 0.3) is 5.91 Å². The lowest BCUT2D eigenvalue weighted by Gasteiger charge is -2.24. The number of carbonyl (C=O) groups excluding carboxylic acids is 2. The number of alkyl halides is 3. The van der Waals surface area contributed by atoms with Crippen LogP contribution in [-0.4, -0.2) is 41.2 Å². The number of aromatic nitrogens is 2. The van der Waals surface area contributed by atoms with Gasteiger partial charge >= 0.3 is 6.18 Å². The fourth-order valence-corrected chi connectivity index (χ4v) is 4.16. The largest absolute Gasteiger partial charge is 0.401 e. The van der Waals surface area contributed by atoms with Gasteiger partial charge in [0.05, 0.1) is 17.4 Å². The van der Waals surface area contributed by atoms with E-state index in [0.29, 0.717) is 17.7 Å². The summed E-state index contributed by atoms with van der Waals surface area (Å²) in [5.74, 6) is -1.41. The highest BCUT2D eigenvalue weighted by Crippen LogP contribution is 2.41. The van der Waals surface area contributed by atoms with E-state index in [4.69, 9.17) is 10.3 Å². The average molecular weight is 502 g/mol. The summed E-state index contributed by atoms with van der Waals surface area (Å²) >= 11 is 0. The zero-order valence-corrected chi connectivity index (χ0v) is 20.0. The molecular formula is C25H26F3N5O3. The van der Waals surface area contributed by atoms with Crippen LogP contribution in [0, 0.1) is 6.92 Å². The first kappa shape index (κ1) is 25.2. The van der Waals surface area contributed by atoms with Crippen molar-refractivity contribution in [1.82, 2.24) is 10.1 Å². The van der Waals surface area contributed by atoms with Gasteiger partial charge in [-0.05, 0) is 56.5 Å². The number of halogens is 3. The second-order valence-corrected chi connectivity index (χ2v) is 9.45. The molecule has 3 aromatic rings. The fraction of sp³-hybridized carbons (Fsp3) is 0.360. The molecule has 0 radical (unpaired) electrons. The molecule has 3 heterocycles. The van der Waals surface area contributed by atoms with Crippen molar-refractivity contribution in [2.45, 2.75) is 44.7 Å². The van der Waals surface area contributed by atoms with E-state index in [1.165, 1.54) is 6.20 Å². The Morgan fingerprint density at radius 1 is 1.14 bits per heavy atom. The van der Waals surface area contributed by atoms with E-state index in [9.17, 15) is 22.8 Å². The van der Waals surface area contributed by atoms with E-state index in [1.54, 1.807) is 24.4 Å². The molecule has 0 spiro atoms. The second-order valence-electron chi connectivity index (χ2n) is 9.45. The van der Waals surface area contributed by atoms with E-state index >= 15 is 0 Å². The van der Waals surface area contributed by atoms with E-state index in [0.717, 1.165) is 49.7 Å². The van der Waals surface area contributed by atoms with Gasteiger partial charge in [0.15, 0.2) is 11.6 Å². The Morgan fingerprint density at radius 3 is 2.58 bits per heavy atom. The number of aryl methyl sites for hydroxylation is 1. The molecule has 4 rings (SSSR count). The normalized spacial score (nSPS) is 16.3. The minimum absolute atomic E-state index is 0.0941. The first-order valence-corrected chi connectivity index (χ1v) is 11.3. The van der Waals surface area contributed by atoms with Crippen LogP contribution in [0.2, 0.25) is 0 Å². The Hall–Kier alpha value is -3.89. The van der Waals surface area contributed by atoms with Gasteiger partial charge in [-0.3, -0.25) is 14.6 Å². The number of rotatable bonds is 6. The van der Waals surface area contributed by atoms with Crippen molar-refractivity contribution in [3.8, 4) is 0 Å². The molecule has 0 aliphatic carbocycles. The molecule has 1 aromatic carbocycles. The van der Waals surface area contributed by atoms with Crippen molar-refractivity contribution in [3.63, 3.8) is 0 Å². The maximum atomic E-state index is 13.3. The molecule has 11 heteroatoms. The molecule has 1 atom stereocenters. The van der Waals surface area contributed by atoms with Gasteiger partial charge in [0.1, 0.15) is 5.41 Å². The van der Waals surface area contributed by atoms with Crippen LogP contribution in [0.15, 0.2) is 47.2 Å². The van der Waals surface area contributed by atoms with Gasteiger partial charge in [-0.2, -0.15) is 13.2 Å². The average Bonchev–Trinajstić information content (AvgIpc) is 3.49. The third-order valence-corrected chi connectivity index (χ3v) is 6.62. The number of amides is 2. The van der Waals surface area contributed by atoms with Crippen molar-refractivity contribution in [1.29, 1.82) is 0 Å². The highest BCUT2D eigenvalue weighted by Gasteiger charge is 2.51. The van der Waals surface area contributed by atoms with Gasteiger partial charge < -0.3 is 20.5 Å². The number of carbonyl (C=O) groups is 2. The van der Waals surface area contributed by atoms with Crippen molar-refractivity contribution in [2.75, 3.05) is 23.3 Å². The van der Waals surface area contributed by atoms with Crippen molar-refractivity contribution in [3.05, 3.63) is 70.7 Å². The Balaban J connectivity index is 1.49. The summed E-state index contributed by atoms with van der Waals surface area (Å²) in [5.41, 5.74) is 6.60. The predicted octanol–water partition coefficient (Wildman–Crippen LogP) is 4.56.